The summed E-state index contributed by atoms with van der Waals surface area (Å²) in [6, 6.07) is 16.4. The molecule has 0 unspecified atom stereocenters. The summed E-state index contributed by atoms with van der Waals surface area (Å²) in [5.74, 6) is -1.01. The van der Waals surface area contributed by atoms with Crippen LogP contribution in [0.1, 0.15) is 11.1 Å². The van der Waals surface area contributed by atoms with Gasteiger partial charge >= 0.3 is 0 Å². The Bertz CT molecular complexity index is 1520. The SMILES string of the molecule is O=C(NCCc1c[nH]c2ccccc12)[C@H]1[C@H]2C(=O)N(CCc3c[nH]c4ccccc34)C[C@]23C=C[C@H]1O3. The molecule has 4 atom stereocenters. The Hall–Kier alpha value is -3.84. The van der Waals surface area contributed by atoms with E-state index in [2.05, 4.69) is 33.5 Å². The van der Waals surface area contributed by atoms with Gasteiger partial charge in [0.05, 0.1) is 24.5 Å². The summed E-state index contributed by atoms with van der Waals surface area (Å²) in [7, 11) is 0. The first kappa shape index (κ1) is 21.4. The van der Waals surface area contributed by atoms with Gasteiger partial charge in [0.2, 0.25) is 11.8 Å². The van der Waals surface area contributed by atoms with Crippen molar-refractivity contribution in [1.82, 2.24) is 20.2 Å². The molecule has 2 saturated heterocycles. The van der Waals surface area contributed by atoms with Crippen molar-refractivity contribution in [2.45, 2.75) is 24.5 Å². The van der Waals surface area contributed by atoms with Crippen LogP contribution in [0.2, 0.25) is 0 Å². The molecule has 3 aliphatic rings. The maximum atomic E-state index is 13.5. The zero-order valence-corrected chi connectivity index (χ0v) is 19.9. The Morgan fingerprint density at radius 3 is 2.39 bits per heavy atom. The van der Waals surface area contributed by atoms with E-state index in [9.17, 15) is 9.59 Å². The first-order chi connectivity index (χ1) is 17.6. The molecule has 7 nitrogen and oxygen atoms in total. The minimum absolute atomic E-state index is 0.0264. The first-order valence-corrected chi connectivity index (χ1v) is 12.7. The topological polar surface area (TPSA) is 90.2 Å². The van der Waals surface area contributed by atoms with Crippen molar-refractivity contribution in [3.8, 4) is 0 Å². The van der Waals surface area contributed by atoms with Gasteiger partial charge < -0.3 is 24.9 Å². The van der Waals surface area contributed by atoms with Crippen molar-refractivity contribution in [1.29, 1.82) is 0 Å². The fourth-order valence-corrected chi connectivity index (χ4v) is 6.44. The van der Waals surface area contributed by atoms with E-state index in [0.29, 0.717) is 19.6 Å². The monoisotopic (exact) mass is 480 g/mol. The number of hydrogen-bond donors (Lipinski definition) is 3. The second-order valence-electron chi connectivity index (χ2n) is 10.2. The van der Waals surface area contributed by atoms with Gasteiger partial charge in [-0.25, -0.2) is 0 Å². The molecule has 182 valence electrons. The third-order valence-corrected chi connectivity index (χ3v) is 8.18. The number of H-pyrrole nitrogens is 2. The molecule has 3 N–H and O–H groups in total. The van der Waals surface area contributed by atoms with Gasteiger partial charge in [0.15, 0.2) is 0 Å². The number of carbonyl (C=O) groups excluding carboxylic acids is 2. The smallest absolute Gasteiger partial charge is 0.230 e. The summed E-state index contributed by atoms with van der Waals surface area (Å²) in [5.41, 5.74) is 3.88. The summed E-state index contributed by atoms with van der Waals surface area (Å²) in [5, 5.41) is 5.45. The van der Waals surface area contributed by atoms with E-state index in [-0.39, 0.29) is 17.9 Å². The van der Waals surface area contributed by atoms with Crippen molar-refractivity contribution in [2.24, 2.45) is 11.8 Å². The van der Waals surface area contributed by atoms with Crippen LogP contribution in [0.5, 0.6) is 0 Å². The number of benzene rings is 2. The number of aromatic amines is 2. The van der Waals surface area contributed by atoms with Crippen LogP contribution in [0.3, 0.4) is 0 Å². The fraction of sp³-hybridized carbons (Fsp3) is 0.310. The van der Waals surface area contributed by atoms with E-state index < -0.39 is 17.4 Å². The minimum Gasteiger partial charge on any atom is -0.361 e. The Morgan fingerprint density at radius 1 is 1.00 bits per heavy atom. The number of nitrogens with one attached hydrogen (secondary N) is 3. The predicted octanol–water partition coefficient (Wildman–Crippen LogP) is 3.33. The molecule has 2 fully saturated rings. The van der Waals surface area contributed by atoms with E-state index in [1.165, 1.54) is 21.9 Å². The molecule has 7 rings (SSSR count). The minimum atomic E-state index is -0.680. The molecule has 0 radical (unpaired) electrons. The van der Waals surface area contributed by atoms with Crippen LogP contribution in [0.4, 0.5) is 0 Å². The van der Waals surface area contributed by atoms with E-state index in [4.69, 9.17) is 4.74 Å². The van der Waals surface area contributed by atoms with Crippen LogP contribution in [-0.4, -0.2) is 58.0 Å². The van der Waals surface area contributed by atoms with Crippen molar-refractivity contribution in [3.63, 3.8) is 0 Å². The number of fused-ring (bicyclic) bond motifs is 3. The van der Waals surface area contributed by atoms with Crippen LogP contribution < -0.4 is 5.32 Å². The van der Waals surface area contributed by atoms with Crippen molar-refractivity contribution in [3.05, 3.63) is 84.2 Å². The van der Waals surface area contributed by atoms with Gasteiger partial charge in [0.25, 0.3) is 0 Å². The summed E-state index contributed by atoms with van der Waals surface area (Å²) in [6.45, 7) is 1.63. The van der Waals surface area contributed by atoms with Gasteiger partial charge in [-0.3, -0.25) is 9.59 Å². The van der Waals surface area contributed by atoms with E-state index >= 15 is 0 Å². The Balaban J connectivity index is 1.03. The summed E-state index contributed by atoms with van der Waals surface area (Å²) >= 11 is 0. The molecular formula is C29H28N4O3. The average molecular weight is 481 g/mol. The number of likely N-dealkylation sites (tertiary alicyclic amines) is 1. The lowest BCUT2D eigenvalue weighted by molar-refractivity contribution is -0.137. The molecule has 2 aromatic heterocycles. The molecule has 1 spiro atoms. The quantitative estimate of drug-likeness (QED) is 0.355. The Kier molecular flexibility index (Phi) is 4.82. The number of nitrogens with zero attached hydrogens (tertiary/aromatic N) is 1. The van der Waals surface area contributed by atoms with Gasteiger partial charge in [0, 0.05) is 47.3 Å². The fourth-order valence-electron chi connectivity index (χ4n) is 6.44. The number of ether oxygens (including phenoxy) is 1. The number of amides is 2. The maximum absolute atomic E-state index is 13.5. The number of rotatable bonds is 7. The van der Waals surface area contributed by atoms with Gasteiger partial charge in [0.1, 0.15) is 5.60 Å². The van der Waals surface area contributed by atoms with Crippen LogP contribution in [0.25, 0.3) is 21.8 Å². The van der Waals surface area contributed by atoms with Crippen molar-refractivity contribution >= 4 is 33.6 Å². The highest BCUT2D eigenvalue weighted by Gasteiger charge is 2.66. The lowest BCUT2D eigenvalue weighted by atomic mass is 9.77. The number of aromatic nitrogens is 2. The largest absolute Gasteiger partial charge is 0.361 e. The zero-order valence-electron chi connectivity index (χ0n) is 19.9. The molecule has 2 aromatic carbocycles. The summed E-state index contributed by atoms with van der Waals surface area (Å²) in [6.07, 6.45) is 9.16. The number of carbonyl (C=O) groups is 2. The molecule has 0 saturated carbocycles. The summed E-state index contributed by atoms with van der Waals surface area (Å²) in [4.78, 5) is 35.3. The number of hydrogen-bond acceptors (Lipinski definition) is 3. The van der Waals surface area contributed by atoms with Gasteiger partial charge in [-0.2, -0.15) is 0 Å². The van der Waals surface area contributed by atoms with Crippen LogP contribution in [0, 0.1) is 11.8 Å². The summed E-state index contributed by atoms with van der Waals surface area (Å²) < 4.78 is 6.29. The second kappa shape index (κ2) is 8.10. The standard InChI is InChI=1S/C29H28N4O3/c34-27(30-13-10-18-15-31-22-7-3-1-5-20(18)22)25-24-9-12-29(36-24)17-33(28(35)26(25)29)14-11-19-16-32-23-8-4-2-6-21(19)23/h1-9,12,15-16,24-26,31-32H,10-11,13-14,17H2,(H,30,34)/t24-,25-,26+,29-/m1/s1. The highest BCUT2D eigenvalue weighted by Crippen LogP contribution is 2.51. The third kappa shape index (κ3) is 3.23. The molecule has 0 aliphatic carbocycles. The van der Waals surface area contributed by atoms with Crippen LogP contribution >= 0.6 is 0 Å². The average Bonchev–Trinajstić information content (AvgIpc) is 3.70. The third-order valence-electron chi connectivity index (χ3n) is 8.18. The Morgan fingerprint density at radius 2 is 1.67 bits per heavy atom. The molecular weight excluding hydrogens is 452 g/mol. The molecule has 36 heavy (non-hydrogen) atoms. The predicted molar refractivity (Wildman–Crippen MR) is 137 cm³/mol. The first-order valence-electron chi connectivity index (χ1n) is 12.7. The second-order valence-corrected chi connectivity index (χ2v) is 10.2. The van der Waals surface area contributed by atoms with Crippen molar-refractivity contribution < 1.29 is 14.3 Å². The van der Waals surface area contributed by atoms with E-state index in [1.807, 2.05) is 59.8 Å². The molecule has 4 aromatic rings. The zero-order chi connectivity index (χ0) is 24.3. The van der Waals surface area contributed by atoms with Crippen molar-refractivity contribution in [2.75, 3.05) is 19.6 Å². The van der Waals surface area contributed by atoms with E-state index in [0.717, 1.165) is 23.9 Å². The number of para-hydroxylation sites is 2. The highest BCUT2D eigenvalue weighted by molar-refractivity contribution is 5.93. The Labute approximate surface area is 208 Å². The van der Waals surface area contributed by atoms with E-state index in [1.54, 1.807) is 0 Å². The highest BCUT2D eigenvalue weighted by atomic mass is 16.5. The lowest BCUT2D eigenvalue weighted by Crippen LogP contribution is -2.44. The van der Waals surface area contributed by atoms with Gasteiger partial charge in [-0.05, 0) is 36.1 Å². The molecule has 2 bridgehead atoms. The maximum Gasteiger partial charge on any atom is 0.230 e. The lowest BCUT2D eigenvalue weighted by Gasteiger charge is -2.23. The normalized spacial score (nSPS) is 26.4. The van der Waals surface area contributed by atoms with Crippen LogP contribution in [0.15, 0.2) is 73.1 Å². The molecule has 3 aliphatic heterocycles. The van der Waals surface area contributed by atoms with Gasteiger partial charge in [-0.1, -0.05) is 48.6 Å². The molecule has 5 heterocycles. The van der Waals surface area contributed by atoms with Crippen LogP contribution in [-0.2, 0) is 27.2 Å². The molecule has 7 heteroatoms. The van der Waals surface area contributed by atoms with Gasteiger partial charge in [-0.15, -0.1) is 0 Å². The molecule has 2 amide bonds.